The SMILES string of the molecule is C=Cc1c(F)cc(Br)cc1CC. The quantitative estimate of drug-likeness (QED) is 0.723. The molecule has 64 valence electrons. The van der Waals surface area contributed by atoms with Crippen molar-refractivity contribution in [3.05, 3.63) is 40.1 Å². The van der Waals surface area contributed by atoms with E-state index in [-0.39, 0.29) is 5.82 Å². The van der Waals surface area contributed by atoms with E-state index in [2.05, 4.69) is 22.5 Å². The molecule has 0 bridgehead atoms. The molecular formula is C10H10BrF. The molecule has 12 heavy (non-hydrogen) atoms. The third kappa shape index (κ3) is 1.75. The van der Waals surface area contributed by atoms with Crippen LogP contribution in [0.25, 0.3) is 6.08 Å². The molecule has 0 saturated heterocycles. The monoisotopic (exact) mass is 228 g/mol. The van der Waals surface area contributed by atoms with Gasteiger partial charge in [0.05, 0.1) is 0 Å². The van der Waals surface area contributed by atoms with Crippen LogP contribution >= 0.6 is 15.9 Å². The zero-order valence-corrected chi connectivity index (χ0v) is 8.49. The van der Waals surface area contributed by atoms with Crippen molar-refractivity contribution in [1.29, 1.82) is 0 Å². The predicted molar refractivity (Wildman–Crippen MR) is 53.6 cm³/mol. The first-order valence-corrected chi connectivity index (χ1v) is 4.58. The molecule has 0 aliphatic heterocycles. The molecule has 0 aliphatic carbocycles. The second kappa shape index (κ2) is 3.85. The number of benzene rings is 1. The summed E-state index contributed by atoms with van der Waals surface area (Å²) >= 11 is 3.24. The van der Waals surface area contributed by atoms with Crippen molar-refractivity contribution < 1.29 is 4.39 Å². The third-order valence-electron chi connectivity index (χ3n) is 1.77. The minimum absolute atomic E-state index is 0.212. The number of hydrogen-bond donors (Lipinski definition) is 0. The Bertz CT molecular complexity index is 305. The number of hydrogen-bond acceptors (Lipinski definition) is 0. The van der Waals surface area contributed by atoms with Gasteiger partial charge in [0.1, 0.15) is 5.82 Å². The summed E-state index contributed by atoms with van der Waals surface area (Å²) in [6.45, 7) is 5.57. The van der Waals surface area contributed by atoms with Crippen LogP contribution in [0.2, 0.25) is 0 Å². The minimum atomic E-state index is -0.212. The average Bonchev–Trinajstić information content (AvgIpc) is 2.03. The highest BCUT2D eigenvalue weighted by molar-refractivity contribution is 9.10. The molecule has 0 atom stereocenters. The highest BCUT2D eigenvalue weighted by Crippen LogP contribution is 2.21. The fraction of sp³-hybridized carbons (Fsp3) is 0.200. The van der Waals surface area contributed by atoms with Gasteiger partial charge in [-0.1, -0.05) is 35.5 Å². The van der Waals surface area contributed by atoms with Crippen molar-refractivity contribution in [3.8, 4) is 0 Å². The van der Waals surface area contributed by atoms with E-state index < -0.39 is 0 Å². The molecule has 1 aromatic rings. The lowest BCUT2D eigenvalue weighted by Crippen LogP contribution is -1.91. The van der Waals surface area contributed by atoms with Crippen molar-refractivity contribution >= 4 is 22.0 Å². The summed E-state index contributed by atoms with van der Waals surface area (Å²) in [5.41, 5.74) is 1.59. The summed E-state index contributed by atoms with van der Waals surface area (Å²) in [4.78, 5) is 0. The highest BCUT2D eigenvalue weighted by Gasteiger charge is 2.04. The summed E-state index contributed by atoms with van der Waals surface area (Å²) in [6, 6.07) is 3.37. The first kappa shape index (κ1) is 9.46. The largest absolute Gasteiger partial charge is 0.206 e. The van der Waals surface area contributed by atoms with Gasteiger partial charge >= 0.3 is 0 Å². The summed E-state index contributed by atoms with van der Waals surface area (Å²) in [5, 5.41) is 0. The van der Waals surface area contributed by atoms with Gasteiger partial charge in [0.25, 0.3) is 0 Å². The molecule has 1 aromatic carbocycles. The van der Waals surface area contributed by atoms with Crippen LogP contribution in [-0.4, -0.2) is 0 Å². The van der Waals surface area contributed by atoms with Crippen LogP contribution < -0.4 is 0 Å². The van der Waals surface area contributed by atoms with Crippen molar-refractivity contribution in [2.24, 2.45) is 0 Å². The van der Waals surface area contributed by atoms with Gasteiger partial charge in [-0.05, 0) is 24.1 Å². The van der Waals surface area contributed by atoms with Crippen molar-refractivity contribution in [3.63, 3.8) is 0 Å². The van der Waals surface area contributed by atoms with Gasteiger partial charge in [0.15, 0.2) is 0 Å². The van der Waals surface area contributed by atoms with Gasteiger partial charge < -0.3 is 0 Å². The fourth-order valence-corrected chi connectivity index (χ4v) is 1.64. The van der Waals surface area contributed by atoms with Crippen LogP contribution in [-0.2, 0) is 6.42 Å². The van der Waals surface area contributed by atoms with Gasteiger partial charge in [-0.3, -0.25) is 0 Å². The Kier molecular flexibility index (Phi) is 3.04. The Morgan fingerprint density at radius 2 is 2.25 bits per heavy atom. The van der Waals surface area contributed by atoms with Crippen molar-refractivity contribution in [1.82, 2.24) is 0 Å². The van der Waals surface area contributed by atoms with E-state index in [1.807, 2.05) is 13.0 Å². The highest BCUT2D eigenvalue weighted by atomic mass is 79.9. The summed E-state index contributed by atoms with van der Waals surface area (Å²) in [7, 11) is 0. The first-order valence-electron chi connectivity index (χ1n) is 3.79. The van der Waals surface area contributed by atoms with Crippen LogP contribution in [0.15, 0.2) is 23.2 Å². The van der Waals surface area contributed by atoms with Gasteiger partial charge in [-0.15, -0.1) is 0 Å². The molecule has 0 nitrogen and oxygen atoms in total. The van der Waals surface area contributed by atoms with E-state index in [4.69, 9.17) is 0 Å². The Morgan fingerprint density at radius 3 is 2.75 bits per heavy atom. The summed E-state index contributed by atoms with van der Waals surface area (Å²) < 4.78 is 14.0. The lowest BCUT2D eigenvalue weighted by molar-refractivity contribution is 0.622. The Labute approximate surface area is 80.2 Å². The maximum atomic E-state index is 13.2. The third-order valence-corrected chi connectivity index (χ3v) is 2.22. The molecule has 0 N–H and O–H groups in total. The Hall–Kier alpha value is -0.630. The molecule has 2 heteroatoms. The Morgan fingerprint density at radius 1 is 1.58 bits per heavy atom. The normalized spacial score (nSPS) is 9.92. The molecule has 0 aromatic heterocycles. The molecule has 0 aliphatic rings. The van der Waals surface area contributed by atoms with Crippen LogP contribution in [0.5, 0.6) is 0 Å². The summed E-state index contributed by atoms with van der Waals surface area (Å²) in [6.07, 6.45) is 2.37. The lowest BCUT2D eigenvalue weighted by Gasteiger charge is -2.04. The van der Waals surface area contributed by atoms with Gasteiger partial charge in [-0.2, -0.15) is 0 Å². The van der Waals surface area contributed by atoms with Crippen LogP contribution in [0.4, 0.5) is 4.39 Å². The molecule has 0 unspecified atom stereocenters. The van der Waals surface area contributed by atoms with Gasteiger partial charge in [-0.25, -0.2) is 4.39 Å². The smallest absolute Gasteiger partial charge is 0.131 e. The molecule has 0 saturated carbocycles. The Balaban J connectivity index is 3.33. The molecule has 0 radical (unpaired) electrons. The van der Waals surface area contributed by atoms with E-state index in [9.17, 15) is 4.39 Å². The average molecular weight is 229 g/mol. The topological polar surface area (TPSA) is 0 Å². The summed E-state index contributed by atoms with van der Waals surface area (Å²) in [5.74, 6) is -0.212. The molecule has 0 spiro atoms. The maximum absolute atomic E-state index is 13.2. The van der Waals surface area contributed by atoms with Gasteiger partial charge in [0, 0.05) is 10.0 Å². The van der Waals surface area contributed by atoms with E-state index in [1.54, 1.807) is 6.08 Å². The van der Waals surface area contributed by atoms with Crippen LogP contribution in [0.3, 0.4) is 0 Å². The standard InChI is InChI=1S/C10H10BrF/c1-3-7-5-8(11)6-10(12)9(7)4-2/h4-6H,2-3H2,1H3. The predicted octanol–water partition coefficient (Wildman–Crippen LogP) is 3.79. The molecule has 0 amide bonds. The lowest BCUT2D eigenvalue weighted by atomic mass is 10.1. The van der Waals surface area contributed by atoms with E-state index >= 15 is 0 Å². The second-order valence-electron chi connectivity index (χ2n) is 2.52. The minimum Gasteiger partial charge on any atom is -0.206 e. The number of halogens is 2. The first-order chi connectivity index (χ1) is 5.69. The maximum Gasteiger partial charge on any atom is 0.131 e. The molecule has 0 fully saturated rings. The molecule has 1 rings (SSSR count). The van der Waals surface area contributed by atoms with Gasteiger partial charge in [0.2, 0.25) is 0 Å². The second-order valence-corrected chi connectivity index (χ2v) is 3.43. The van der Waals surface area contributed by atoms with E-state index in [1.165, 1.54) is 6.07 Å². The van der Waals surface area contributed by atoms with Crippen molar-refractivity contribution in [2.45, 2.75) is 13.3 Å². The molecular weight excluding hydrogens is 219 g/mol. The fourth-order valence-electron chi connectivity index (χ4n) is 1.16. The number of rotatable bonds is 2. The van der Waals surface area contributed by atoms with Crippen molar-refractivity contribution in [2.75, 3.05) is 0 Å². The van der Waals surface area contributed by atoms with E-state index in [0.717, 1.165) is 16.5 Å². The zero-order chi connectivity index (χ0) is 9.14. The number of aryl methyl sites for hydroxylation is 1. The van der Waals surface area contributed by atoms with Crippen LogP contribution in [0.1, 0.15) is 18.1 Å². The van der Waals surface area contributed by atoms with E-state index in [0.29, 0.717) is 5.56 Å². The molecule has 0 heterocycles. The zero-order valence-electron chi connectivity index (χ0n) is 6.90. The van der Waals surface area contributed by atoms with Crippen LogP contribution in [0, 0.1) is 5.82 Å².